The minimum absolute atomic E-state index is 0.0687. The van der Waals surface area contributed by atoms with E-state index >= 15 is 0 Å². The number of rotatable bonds is 2. The molecule has 0 aliphatic rings. The van der Waals surface area contributed by atoms with Crippen LogP contribution in [-0.2, 0) is 4.79 Å². The Morgan fingerprint density at radius 2 is 2.17 bits per heavy atom. The van der Waals surface area contributed by atoms with Crippen molar-refractivity contribution < 1.29 is 9.72 Å². The molecular formula is C7H5N2O3. The van der Waals surface area contributed by atoms with Gasteiger partial charge in [-0.1, -0.05) is 0 Å². The first-order chi connectivity index (χ1) is 5.65. The molecule has 0 heterocycles. The molecule has 0 aliphatic heterocycles. The monoisotopic (exact) mass is 165 g/mol. The number of benzene rings is 1. The summed E-state index contributed by atoms with van der Waals surface area (Å²) in [6.07, 6.45) is 1.56. The van der Waals surface area contributed by atoms with E-state index < -0.39 is 4.92 Å². The van der Waals surface area contributed by atoms with Crippen molar-refractivity contribution in [2.45, 2.75) is 0 Å². The molecule has 0 amide bonds. The maximum absolute atomic E-state index is 10.2. The van der Waals surface area contributed by atoms with Gasteiger partial charge in [0, 0.05) is 23.4 Å². The van der Waals surface area contributed by atoms with Gasteiger partial charge in [-0.05, 0) is 6.07 Å². The summed E-state index contributed by atoms with van der Waals surface area (Å²) in [5.74, 6) is 0. The molecule has 0 aliphatic carbocycles. The van der Waals surface area contributed by atoms with Crippen LogP contribution in [0.5, 0.6) is 0 Å². The number of nitro groups is 1. The summed E-state index contributed by atoms with van der Waals surface area (Å²) in [6.45, 7) is 0. The Hall–Kier alpha value is -1.91. The van der Waals surface area contributed by atoms with E-state index in [1.807, 2.05) is 0 Å². The lowest BCUT2D eigenvalue weighted by Crippen LogP contribution is -1.95. The molecule has 0 unspecified atom stereocenters. The van der Waals surface area contributed by atoms with Gasteiger partial charge in [0.2, 0.25) is 6.29 Å². The molecule has 1 aromatic rings. The Labute approximate surface area is 68.0 Å². The van der Waals surface area contributed by atoms with Gasteiger partial charge in [-0.15, -0.1) is 0 Å². The number of nitrogens with zero attached hydrogens (tertiary/aromatic N) is 1. The van der Waals surface area contributed by atoms with Crippen LogP contribution in [0, 0.1) is 10.1 Å². The maximum Gasteiger partial charge on any atom is 0.271 e. The van der Waals surface area contributed by atoms with Crippen molar-refractivity contribution in [3.05, 3.63) is 33.9 Å². The number of carbonyl (C=O) groups excluding carboxylic acids is 1. The van der Waals surface area contributed by atoms with E-state index in [9.17, 15) is 14.9 Å². The largest absolute Gasteiger partial charge is 0.398 e. The van der Waals surface area contributed by atoms with Crippen molar-refractivity contribution in [1.82, 2.24) is 0 Å². The molecular weight excluding hydrogens is 160 g/mol. The van der Waals surface area contributed by atoms with Gasteiger partial charge in [-0.25, -0.2) is 0 Å². The molecule has 0 saturated heterocycles. The van der Waals surface area contributed by atoms with Gasteiger partial charge >= 0.3 is 0 Å². The molecule has 2 N–H and O–H groups in total. The number of anilines is 1. The standard InChI is InChI=1S/C7H5N2O3/c8-7-3-6(9(11)12)2-1-5(7)4-10/h1-3H,8H2. The topological polar surface area (TPSA) is 86.2 Å². The van der Waals surface area contributed by atoms with E-state index in [0.29, 0.717) is 0 Å². The van der Waals surface area contributed by atoms with Gasteiger partial charge in [-0.3, -0.25) is 14.9 Å². The summed E-state index contributed by atoms with van der Waals surface area (Å²) in [7, 11) is 0. The first-order valence-electron chi connectivity index (χ1n) is 3.07. The average Bonchev–Trinajstić information content (AvgIpc) is 2.04. The second-order valence-electron chi connectivity index (χ2n) is 2.13. The molecule has 1 radical (unpaired) electrons. The summed E-state index contributed by atoms with van der Waals surface area (Å²) >= 11 is 0. The van der Waals surface area contributed by atoms with E-state index in [1.165, 1.54) is 12.1 Å². The first kappa shape index (κ1) is 8.19. The van der Waals surface area contributed by atoms with Gasteiger partial charge in [0.05, 0.1) is 4.92 Å². The first-order valence-corrected chi connectivity index (χ1v) is 3.07. The Balaban J connectivity index is 3.18. The quantitative estimate of drug-likeness (QED) is 0.395. The predicted molar refractivity (Wildman–Crippen MR) is 42.3 cm³/mol. The minimum atomic E-state index is -0.578. The second-order valence-corrected chi connectivity index (χ2v) is 2.13. The van der Waals surface area contributed by atoms with Gasteiger partial charge in [0.1, 0.15) is 0 Å². The molecule has 5 nitrogen and oxygen atoms in total. The van der Waals surface area contributed by atoms with Crippen LogP contribution in [0.3, 0.4) is 0 Å². The maximum atomic E-state index is 10.2. The third-order valence-electron chi connectivity index (χ3n) is 1.36. The summed E-state index contributed by atoms with van der Waals surface area (Å²) in [5.41, 5.74) is 5.38. The fourth-order valence-corrected chi connectivity index (χ4v) is 0.757. The number of nitro benzene ring substituents is 1. The van der Waals surface area contributed by atoms with Crippen molar-refractivity contribution in [2.75, 3.05) is 5.73 Å². The van der Waals surface area contributed by atoms with Crippen LogP contribution in [0.1, 0.15) is 5.56 Å². The number of hydrogen-bond acceptors (Lipinski definition) is 4. The van der Waals surface area contributed by atoms with Crippen LogP contribution < -0.4 is 5.73 Å². The van der Waals surface area contributed by atoms with Crippen LogP contribution in [0.4, 0.5) is 11.4 Å². The molecule has 0 atom stereocenters. The van der Waals surface area contributed by atoms with Crippen LogP contribution in [0.2, 0.25) is 0 Å². The Bertz CT molecular complexity index is 335. The van der Waals surface area contributed by atoms with Crippen molar-refractivity contribution in [3.8, 4) is 0 Å². The zero-order valence-electron chi connectivity index (χ0n) is 5.98. The molecule has 0 spiro atoms. The molecule has 0 saturated carbocycles. The van der Waals surface area contributed by atoms with Gasteiger partial charge in [0.15, 0.2) is 0 Å². The summed E-state index contributed by atoms with van der Waals surface area (Å²) in [6, 6.07) is 3.59. The number of hydrogen-bond donors (Lipinski definition) is 1. The van der Waals surface area contributed by atoms with E-state index in [1.54, 1.807) is 6.29 Å². The normalized spacial score (nSPS) is 9.33. The summed E-state index contributed by atoms with van der Waals surface area (Å²) < 4.78 is 0. The lowest BCUT2D eigenvalue weighted by molar-refractivity contribution is -0.384. The van der Waals surface area contributed by atoms with Crippen molar-refractivity contribution >= 4 is 17.7 Å². The van der Waals surface area contributed by atoms with Crippen LogP contribution in [0.15, 0.2) is 18.2 Å². The SMILES string of the molecule is Nc1cc([N+](=O)[O-])ccc1[C]=O. The van der Waals surface area contributed by atoms with E-state index in [-0.39, 0.29) is 16.9 Å². The molecule has 0 bridgehead atoms. The third kappa shape index (κ3) is 1.39. The third-order valence-corrected chi connectivity index (χ3v) is 1.36. The zero-order valence-corrected chi connectivity index (χ0v) is 5.98. The highest BCUT2D eigenvalue weighted by Gasteiger charge is 2.07. The number of nitrogen functional groups attached to an aromatic ring is 1. The predicted octanol–water partition coefficient (Wildman–Crippen LogP) is 0.635. The van der Waals surface area contributed by atoms with Crippen molar-refractivity contribution in [3.63, 3.8) is 0 Å². The van der Waals surface area contributed by atoms with Crippen molar-refractivity contribution in [2.24, 2.45) is 0 Å². The molecule has 1 aromatic carbocycles. The Morgan fingerprint density at radius 3 is 2.58 bits per heavy atom. The molecule has 5 heteroatoms. The second kappa shape index (κ2) is 3.00. The fraction of sp³-hybridized carbons (Fsp3) is 0. The van der Waals surface area contributed by atoms with Crippen molar-refractivity contribution in [1.29, 1.82) is 0 Å². The lowest BCUT2D eigenvalue weighted by Gasteiger charge is -1.95. The highest BCUT2D eigenvalue weighted by Crippen LogP contribution is 2.17. The Kier molecular flexibility index (Phi) is 2.05. The van der Waals surface area contributed by atoms with Crippen LogP contribution in [-0.4, -0.2) is 11.2 Å². The van der Waals surface area contributed by atoms with Gasteiger partial charge in [0.25, 0.3) is 5.69 Å². The molecule has 0 aromatic heterocycles. The molecule has 61 valence electrons. The van der Waals surface area contributed by atoms with Crippen LogP contribution >= 0.6 is 0 Å². The minimum Gasteiger partial charge on any atom is -0.398 e. The van der Waals surface area contributed by atoms with Gasteiger partial charge in [-0.2, -0.15) is 0 Å². The smallest absolute Gasteiger partial charge is 0.271 e. The highest BCUT2D eigenvalue weighted by atomic mass is 16.6. The fourth-order valence-electron chi connectivity index (χ4n) is 0.757. The molecule has 1 rings (SSSR count). The van der Waals surface area contributed by atoms with E-state index in [4.69, 9.17) is 5.73 Å². The zero-order chi connectivity index (χ0) is 9.14. The van der Waals surface area contributed by atoms with Crippen LogP contribution in [0.25, 0.3) is 0 Å². The lowest BCUT2D eigenvalue weighted by atomic mass is 10.2. The highest BCUT2D eigenvalue weighted by molar-refractivity contribution is 5.84. The molecule has 0 fully saturated rings. The van der Waals surface area contributed by atoms with E-state index in [0.717, 1.165) is 6.07 Å². The number of nitrogens with two attached hydrogens (primary N) is 1. The average molecular weight is 165 g/mol. The Morgan fingerprint density at radius 1 is 1.50 bits per heavy atom. The van der Waals surface area contributed by atoms with Gasteiger partial charge < -0.3 is 5.73 Å². The number of non-ortho nitro benzene ring substituents is 1. The van der Waals surface area contributed by atoms with E-state index in [2.05, 4.69) is 0 Å². The summed E-state index contributed by atoms with van der Waals surface area (Å²) in [4.78, 5) is 19.8. The molecule has 12 heavy (non-hydrogen) atoms. The summed E-state index contributed by atoms with van der Waals surface area (Å²) in [5, 5.41) is 10.2.